The van der Waals surface area contributed by atoms with E-state index in [0.717, 1.165) is 49.9 Å². The molecule has 0 aromatic heterocycles. The number of amides is 1. The summed E-state index contributed by atoms with van der Waals surface area (Å²) < 4.78 is 30.4. The number of nitrogens with one attached hydrogen (secondary N) is 2. The molecule has 2 atom stereocenters. The average Bonchev–Trinajstić information content (AvgIpc) is 3.56. The van der Waals surface area contributed by atoms with E-state index >= 15 is 0 Å². The number of hydrogen-bond donors (Lipinski definition) is 2. The Morgan fingerprint density at radius 2 is 1.84 bits per heavy atom. The first-order valence-electron chi connectivity index (χ1n) is 11.3. The summed E-state index contributed by atoms with van der Waals surface area (Å²) in [5.74, 6) is -0.0567. The monoisotopic (exact) mass is 471 g/mol. The minimum Gasteiger partial charge on any atom is -0.307 e. The average molecular weight is 472 g/mol. The highest BCUT2D eigenvalue weighted by Crippen LogP contribution is 2.50. The van der Waals surface area contributed by atoms with E-state index in [0.29, 0.717) is 23.0 Å². The fourth-order valence-electron chi connectivity index (χ4n) is 5.06. The number of fused-ring (bicyclic) bond motifs is 2. The maximum absolute atomic E-state index is 13.7. The fraction of sp³-hybridized carbons (Fsp3) is 0.458. The van der Waals surface area contributed by atoms with Crippen molar-refractivity contribution in [2.75, 3.05) is 22.4 Å². The van der Waals surface area contributed by atoms with Crippen LogP contribution >= 0.6 is 0 Å². The van der Waals surface area contributed by atoms with Crippen LogP contribution in [0.2, 0.25) is 0 Å². The fourth-order valence-corrected chi connectivity index (χ4v) is 6.63. The van der Waals surface area contributed by atoms with Gasteiger partial charge >= 0.3 is 0 Å². The maximum Gasteiger partial charge on any atom is 0.258 e. The zero-order chi connectivity index (χ0) is 22.3. The van der Waals surface area contributed by atoms with Crippen molar-refractivity contribution in [1.82, 2.24) is 4.72 Å². The molecule has 5 rings (SSSR count). The zero-order valence-corrected chi connectivity index (χ0v) is 19.9. The van der Waals surface area contributed by atoms with Crippen molar-refractivity contribution in [3.63, 3.8) is 0 Å². The van der Waals surface area contributed by atoms with Crippen LogP contribution in [0.15, 0.2) is 47.4 Å². The Morgan fingerprint density at radius 1 is 1.06 bits per heavy atom. The lowest BCUT2D eigenvalue weighted by molar-refractivity contribution is 0.0982. The van der Waals surface area contributed by atoms with Gasteiger partial charge in [0.25, 0.3) is 5.91 Å². The summed E-state index contributed by atoms with van der Waals surface area (Å²) in [4.78, 5) is 16.2. The molecule has 1 aliphatic heterocycles. The highest BCUT2D eigenvalue weighted by molar-refractivity contribution is 7.85. The minimum absolute atomic E-state index is 0.0515. The van der Waals surface area contributed by atoms with Gasteiger partial charge in [-0.2, -0.15) is 0 Å². The number of rotatable bonds is 6. The molecular formula is C24H29N3O3S2. The molecule has 2 unspecified atom stereocenters. The van der Waals surface area contributed by atoms with E-state index in [1.807, 2.05) is 35.2 Å². The molecule has 2 saturated carbocycles. The van der Waals surface area contributed by atoms with Crippen molar-refractivity contribution >= 4 is 39.3 Å². The van der Waals surface area contributed by atoms with Crippen LogP contribution in [0.4, 0.5) is 11.4 Å². The molecule has 1 spiro atoms. The standard InChI is InChI=1S/C24H29N3O3S2/c1-31(29)25-19-10-11-22-21(15-19)24(12-3-2-4-13-24)16-27(22)23(28)17-6-5-7-20(14-17)32(30)26-18-8-9-18/h5-7,10-11,14-15,18,25-26H,2-4,8-9,12-13,16H2,1H3. The largest absolute Gasteiger partial charge is 0.307 e. The number of carbonyl (C=O) groups is 1. The van der Waals surface area contributed by atoms with Crippen molar-refractivity contribution in [2.45, 2.75) is 61.3 Å². The summed E-state index contributed by atoms with van der Waals surface area (Å²) in [6.45, 7) is 0.660. The van der Waals surface area contributed by atoms with Gasteiger partial charge < -0.3 is 9.62 Å². The van der Waals surface area contributed by atoms with Gasteiger partial charge in [-0.1, -0.05) is 25.3 Å². The number of nitrogens with zero attached hydrogens (tertiary/aromatic N) is 1. The van der Waals surface area contributed by atoms with Crippen LogP contribution < -0.4 is 14.3 Å². The first-order chi connectivity index (χ1) is 15.4. The van der Waals surface area contributed by atoms with Gasteiger partial charge in [0.05, 0.1) is 4.90 Å². The Bertz CT molecular complexity index is 1090. The number of benzene rings is 2. The van der Waals surface area contributed by atoms with E-state index in [9.17, 15) is 13.2 Å². The molecule has 32 heavy (non-hydrogen) atoms. The first kappa shape index (κ1) is 21.8. The van der Waals surface area contributed by atoms with E-state index in [1.165, 1.54) is 12.0 Å². The Labute approximate surface area is 194 Å². The summed E-state index contributed by atoms with van der Waals surface area (Å²) in [5, 5.41) is 0. The first-order valence-corrected chi connectivity index (χ1v) is 14.0. The SMILES string of the molecule is CS(=O)Nc1ccc2c(c1)C1(CCCCC1)CN2C(=O)c1cccc(S(=O)NC2CC2)c1. The van der Waals surface area contributed by atoms with E-state index in [2.05, 4.69) is 15.5 Å². The van der Waals surface area contributed by atoms with Crippen LogP contribution in [-0.2, 0) is 27.4 Å². The lowest BCUT2D eigenvalue weighted by atomic mass is 9.70. The van der Waals surface area contributed by atoms with Gasteiger partial charge in [-0.15, -0.1) is 0 Å². The number of hydrogen-bond acceptors (Lipinski definition) is 3. The predicted molar refractivity (Wildman–Crippen MR) is 130 cm³/mol. The number of carbonyl (C=O) groups excluding carboxylic acids is 1. The molecule has 2 aliphatic carbocycles. The van der Waals surface area contributed by atoms with Gasteiger partial charge in [0.1, 0.15) is 22.0 Å². The van der Waals surface area contributed by atoms with E-state index in [-0.39, 0.29) is 11.3 Å². The highest BCUT2D eigenvalue weighted by Gasteiger charge is 2.45. The van der Waals surface area contributed by atoms with Crippen molar-refractivity contribution < 1.29 is 13.2 Å². The van der Waals surface area contributed by atoms with Gasteiger partial charge in [0, 0.05) is 41.2 Å². The van der Waals surface area contributed by atoms with Crippen molar-refractivity contribution in [2.24, 2.45) is 0 Å². The van der Waals surface area contributed by atoms with Crippen LogP contribution in [0.25, 0.3) is 0 Å². The quantitative estimate of drug-likeness (QED) is 0.668. The summed E-state index contributed by atoms with van der Waals surface area (Å²) in [6, 6.07) is 13.5. The van der Waals surface area contributed by atoms with Gasteiger partial charge in [-0.25, -0.2) is 13.1 Å². The molecule has 0 radical (unpaired) electrons. The zero-order valence-electron chi connectivity index (χ0n) is 18.3. The maximum atomic E-state index is 13.7. The van der Waals surface area contributed by atoms with Gasteiger partial charge in [0.2, 0.25) is 0 Å². The van der Waals surface area contributed by atoms with Crippen LogP contribution in [-0.4, -0.2) is 33.2 Å². The van der Waals surface area contributed by atoms with Crippen LogP contribution in [0.1, 0.15) is 60.9 Å². The summed E-state index contributed by atoms with van der Waals surface area (Å²) in [6.07, 6.45) is 9.37. The molecule has 2 fully saturated rings. The normalized spacial score (nSPS) is 21.2. The van der Waals surface area contributed by atoms with E-state index in [1.54, 1.807) is 12.3 Å². The van der Waals surface area contributed by atoms with Gasteiger partial charge in [-0.05, 0) is 67.6 Å². The Morgan fingerprint density at radius 3 is 2.56 bits per heavy atom. The molecule has 2 N–H and O–H groups in total. The Balaban J connectivity index is 1.47. The summed E-state index contributed by atoms with van der Waals surface area (Å²) in [7, 11) is -2.45. The van der Waals surface area contributed by atoms with Crippen molar-refractivity contribution in [3.8, 4) is 0 Å². The van der Waals surface area contributed by atoms with Crippen LogP contribution in [0.3, 0.4) is 0 Å². The van der Waals surface area contributed by atoms with Crippen molar-refractivity contribution in [3.05, 3.63) is 53.6 Å². The summed E-state index contributed by atoms with van der Waals surface area (Å²) >= 11 is 0. The molecule has 0 saturated heterocycles. The molecule has 2 aromatic carbocycles. The molecular weight excluding hydrogens is 442 g/mol. The lowest BCUT2D eigenvalue weighted by Gasteiger charge is -2.34. The second kappa shape index (κ2) is 8.72. The third-order valence-electron chi connectivity index (χ3n) is 6.78. The topological polar surface area (TPSA) is 78.5 Å². The van der Waals surface area contributed by atoms with Crippen LogP contribution in [0, 0.1) is 0 Å². The van der Waals surface area contributed by atoms with Gasteiger partial charge in [-0.3, -0.25) is 4.79 Å². The third-order valence-corrected chi connectivity index (χ3v) is 8.54. The third kappa shape index (κ3) is 4.28. The molecule has 0 bridgehead atoms. The molecule has 2 aromatic rings. The number of anilines is 2. The molecule has 170 valence electrons. The predicted octanol–water partition coefficient (Wildman–Crippen LogP) is 4.03. The molecule has 8 heteroatoms. The summed E-state index contributed by atoms with van der Waals surface area (Å²) in [5.41, 5.74) is 3.45. The van der Waals surface area contributed by atoms with E-state index < -0.39 is 22.0 Å². The Kier molecular flexibility index (Phi) is 5.94. The van der Waals surface area contributed by atoms with E-state index in [4.69, 9.17) is 0 Å². The molecule has 1 amide bonds. The molecule has 3 aliphatic rings. The second-order valence-corrected chi connectivity index (χ2v) is 11.6. The van der Waals surface area contributed by atoms with Gasteiger partial charge in [0.15, 0.2) is 0 Å². The molecule has 6 nitrogen and oxygen atoms in total. The minimum atomic E-state index is -1.30. The lowest BCUT2D eigenvalue weighted by Crippen LogP contribution is -2.38. The smallest absolute Gasteiger partial charge is 0.258 e. The Hall–Kier alpha value is -2.03. The second-order valence-electron chi connectivity index (χ2n) is 9.21. The highest BCUT2D eigenvalue weighted by atomic mass is 32.2. The van der Waals surface area contributed by atoms with Crippen LogP contribution in [0.5, 0.6) is 0 Å². The molecule has 1 heterocycles. The van der Waals surface area contributed by atoms with Crippen molar-refractivity contribution in [1.29, 1.82) is 0 Å².